The summed E-state index contributed by atoms with van der Waals surface area (Å²) in [6, 6.07) is 13.1. The number of nitrogens with zero attached hydrogens (tertiary/aromatic N) is 3. The van der Waals surface area contributed by atoms with Crippen molar-refractivity contribution in [1.29, 1.82) is 0 Å². The van der Waals surface area contributed by atoms with Gasteiger partial charge < -0.3 is 15.2 Å². The summed E-state index contributed by atoms with van der Waals surface area (Å²) in [5.74, 6) is 2.14. The van der Waals surface area contributed by atoms with Gasteiger partial charge in [0.1, 0.15) is 17.5 Å². The minimum Gasteiger partial charge on any atom is -0.368 e. The van der Waals surface area contributed by atoms with Gasteiger partial charge in [0.2, 0.25) is 5.91 Å². The number of carbonyl (C=O) groups is 1. The Balaban J connectivity index is 1.49. The second-order valence-electron chi connectivity index (χ2n) is 5.79. The van der Waals surface area contributed by atoms with Gasteiger partial charge in [-0.3, -0.25) is 4.79 Å². The maximum Gasteiger partial charge on any atom is 0.224 e. The Kier molecular flexibility index (Phi) is 5.86. The molecule has 2 aromatic heterocycles. The highest BCUT2D eigenvalue weighted by molar-refractivity contribution is 6.31. The lowest BCUT2D eigenvalue weighted by atomic mass is 10.1. The monoisotopic (exact) mass is 369 g/mol. The molecule has 0 saturated heterocycles. The number of aromatic nitrogens is 3. The highest BCUT2D eigenvalue weighted by atomic mass is 35.5. The van der Waals surface area contributed by atoms with Gasteiger partial charge in [0.25, 0.3) is 0 Å². The number of amides is 1. The van der Waals surface area contributed by atoms with Gasteiger partial charge in [-0.2, -0.15) is 0 Å². The number of rotatable bonds is 7. The van der Waals surface area contributed by atoms with Crippen molar-refractivity contribution < 1.29 is 4.79 Å². The van der Waals surface area contributed by atoms with E-state index in [1.54, 1.807) is 6.07 Å². The maximum atomic E-state index is 12.0. The molecule has 3 aromatic rings. The molecule has 3 rings (SSSR count). The Bertz CT molecular complexity index is 879. The van der Waals surface area contributed by atoms with Gasteiger partial charge in [-0.05, 0) is 30.7 Å². The molecule has 0 fully saturated rings. The standard InChI is InChI=1S/C19H20ClN5O/c1-14-23-17(13-18(24-14)25-10-4-5-11-25)21-8-9-22-19(26)12-15-6-2-3-7-16(15)20/h2-7,10-11,13H,8-9,12H2,1H3,(H,22,26)(H,21,23,24). The molecular formula is C19H20ClN5O. The molecule has 0 aliphatic heterocycles. The van der Waals surface area contributed by atoms with Crippen LogP contribution in [0.3, 0.4) is 0 Å². The topological polar surface area (TPSA) is 71.8 Å². The lowest BCUT2D eigenvalue weighted by Crippen LogP contribution is -2.30. The fourth-order valence-electron chi connectivity index (χ4n) is 2.53. The van der Waals surface area contributed by atoms with Crippen LogP contribution in [-0.4, -0.2) is 33.5 Å². The van der Waals surface area contributed by atoms with Crippen LogP contribution in [0.4, 0.5) is 5.82 Å². The van der Waals surface area contributed by atoms with Crippen molar-refractivity contribution in [2.24, 2.45) is 0 Å². The average molecular weight is 370 g/mol. The van der Waals surface area contributed by atoms with Crippen LogP contribution in [0.5, 0.6) is 0 Å². The first kappa shape index (κ1) is 17.9. The molecule has 1 amide bonds. The number of hydrogen-bond acceptors (Lipinski definition) is 4. The summed E-state index contributed by atoms with van der Waals surface area (Å²) in [6.45, 7) is 2.91. The Morgan fingerprint density at radius 2 is 1.88 bits per heavy atom. The summed E-state index contributed by atoms with van der Waals surface area (Å²) in [5, 5.41) is 6.70. The molecule has 0 aliphatic rings. The van der Waals surface area contributed by atoms with Gasteiger partial charge in [0.05, 0.1) is 6.42 Å². The summed E-state index contributed by atoms with van der Waals surface area (Å²) < 4.78 is 1.92. The van der Waals surface area contributed by atoms with E-state index in [0.29, 0.717) is 23.9 Å². The van der Waals surface area contributed by atoms with E-state index in [1.165, 1.54) is 0 Å². The summed E-state index contributed by atoms with van der Waals surface area (Å²) in [4.78, 5) is 20.8. The van der Waals surface area contributed by atoms with Crippen LogP contribution in [0, 0.1) is 6.92 Å². The fraction of sp³-hybridized carbons (Fsp3) is 0.211. The number of aryl methyl sites for hydroxylation is 1. The largest absolute Gasteiger partial charge is 0.368 e. The van der Waals surface area contributed by atoms with Crippen molar-refractivity contribution in [3.63, 3.8) is 0 Å². The van der Waals surface area contributed by atoms with Crippen molar-refractivity contribution in [2.75, 3.05) is 18.4 Å². The number of carbonyl (C=O) groups excluding carboxylic acids is 1. The van der Waals surface area contributed by atoms with Gasteiger partial charge in [0, 0.05) is 36.6 Å². The van der Waals surface area contributed by atoms with E-state index in [2.05, 4.69) is 20.6 Å². The van der Waals surface area contributed by atoms with E-state index in [-0.39, 0.29) is 12.3 Å². The van der Waals surface area contributed by atoms with Gasteiger partial charge in [0.15, 0.2) is 0 Å². The van der Waals surface area contributed by atoms with E-state index < -0.39 is 0 Å². The Hall–Kier alpha value is -2.86. The van der Waals surface area contributed by atoms with Crippen LogP contribution in [0.2, 0.25) is 5.02 Å². The smallest absolute Gasteiger partial charge is 0.224 e. The molecule has 1 aromatic carbocycles. The van der Waals surface area contributed by atoms with E-state index in [9.17, 15) is 4.79 Å². The molecule has 2 N–H and O–H groups in total. The number of benzene rings is 1. The first-order valence-electron chi connectivity index (χ1n) is 8.35. The molecule has 0 atom stereocenters. The predicted octanol–water partition coefficient (Wildman–Crippen LogP) is 3.00. The van der Waals surface area contributed by atoms with Crippen molar-refractivity contribution in [1.82, 2.24) is 19.9 Å². The molecule has 0 radical (unpaired) electrons. The first-order chi connectivity index (χ1) is 12.6. The zero-order valence-corrected chi connectivity index (χ0v) is 15.2. The second-order valence-corrected chi connectivity index (χ2v) is 6.20. The van der Waals surface area contributed by atoms with Crippen molar-refractivity contribution in [2.45, 2.75) is 13.3 Å². The molecule has 26 heavy (non-hydrogen) atoms. The molecule has 0 spiro atoms. The van der Waals surface area contributed by atoms with Crippen molar-refractivity contribution in [3.8, 4) is 5.82 Å². The lowest BCUT2D eigenvalue weighted by Gasteiger charge is -2.10. The Morgan fingerprint density at radius 1 is 1.12 bits per heavy atom. The van der Waals surface area contributed by atoms with Crippen molar-refractivity contribution in [3.05, 3.63) is 71.3 Å². The molecule has 0 aliphatic carbocycles. The molecule has 7 heteroatoms. The van der Waals surface area contributed by atoms with Crippen LogP contribution < -0.4 is 10.6 Å². The van der Waals surface area contributed by atoms with Crippen LogP contribution in [0.1, 0.15) is 11.4 Å². The summed E-state index contributed by atoms with van der Waals surface area (Å²) in [7, 11) is 0. The maximum absolute atomic E-state index is 12.0. The quantitative estimate of drug-likeness (QED) is 0.628. The van der Waals surface area contributed by atoms with E-state index in [4.69, 9.17) is 11.6 Å². The minimum atomic E-state index is -0.0631. The van der Waals surface area contributed by atoms with E-state index >= 15 is 0 Å². The zero-order valence-electron chi connectivity index (χ0n) is 14.4. The number of anilines is 1. The molecule has 0 unspecified atom stereocenters. The molecule has 0 bridgehead atoms. The zero-order chi connectivity index (χ0) is 18.4. The molecule has 2 heterocycles. The first-order valence-corrected chi connectivity index (χ1v) is 8.72. The summed E-state index contributed by atoms with van der Waals surface area (Å²) in [5.41, 5.74) is 0.822. The predicted molar refractivity (Wildman–Crippen MR) is 103 cm³/mol. The van der Waals surface area contributed by atoms with Crippen LogP contribution in [-0.2, 0) is 11.2 Å². The molecule has 134 valence electrons. The van der Waals surface area contributed by atoms with Gasteiger partial charge in [-0.1, -0.05) is 29.8 Å². The highest BCUT2D eigenvalue weighted by Gasteiger charge is 2.06. The highest BCUT2D eigenvalue weighted by Crippen LogP contribution is 2.15. The SMILES string of the molecule is Cc1nc(NCCNC(=O)Cc2ccccc2Cl)cc(-n2cccc2)n1. The number of nitrogens with one attached hydrogen (secondary N) is 2. The Labute approximate surface area is 157 Å². The minimum absolute atomic E-state index is 0.0631. The lowest BCUT2D eigenvalue weighted by molar-refractivity contribution is -0.120. The third-order valence-electron chi connectivity index (χ3n) is 3.76. The second kappa shape index (κ2) is 8.49. The van der Waals surface area contributed by atoms with Crippen LogP contribution >= 0.6 is 11.6 Å². The molecule has 0 saturated carbocycles. The van der Waals surface area contributed by atoms with E-state index in [1.807, 2.05) is 60.3 Å². The van der Waals surface area contributed by atoms with Crippen LogP contribution in [0.15, 0.2) is 54.9 Å². The number of halogens is 1. The Morgan fingerprint density at radius 3 is 2.65 bits per heavy atom. The molecule has 6 nitrogen and oxygen atoms in total. The van der Waals surface area contributed by atoms with Gasteiger partial charge in [-0.25, -0.2) is 9.97 Å². The molecular weight excluding hydrogens is 350 g/mol. The van der Waals surface area contributed by atoms with E-state index in [0.717, 1.165) is 17.2 Å². The summed E-state index contributed by atoms with van der Waals surface area (Å²) in [6.07, 6.45) is 4.13. The third-order valence-corrected chi connectivity index (χ3v) is 4.12. The fourth-order valence-corrected chi connectivity index (χ4v) is 2.73. The van der Waals surface area contributed by atoms with Gasteiger partial charge >= 0.3 is 0 Å². The average Bonchev–Trinajstić information content (AvgIpc) is 3.15. The normalized spacial score (nSPS) is 10.5. The summed E-state index contributed by atoms with van der Waals surface area (Å²) >= 11 is 6.07. The van der Waals surface area contributed by atoms with Crippen LogP contribution in [0.25, 0.3) is 5.82 Å². The van der Waals surface area contributed by atoms with Crippen molar-refractivity contribution >= 4 is 23.3 Å². The third kappa shape index (κ3) is 4.83. The number of hydrogen-bond donors (Lipinski definition) is 2. The van der Waals surface area contributed by atoms with Gasteiger partial charge in [-0.15, -0.1) is 0 Å².